The van der Waals surface area contributed by atoms with Crippen LogP contribution in [0, 0.1) is 12.3 Å². The Kier molecular flexibility index (Phi) is 8.34. The lowest BCUT2D eigenvalue weighted by Crippen LogP contribution is -2.42. The zero-order valence-electron chi connectivity index (χ0n) is 20.1. The smallest absolute Gasteiger partial charge is 0.256 e. The first-order chi connectivity index (χ1) is 16.3. The Hall–Kier alpha value is -3.75. The molecule has 1 aromatic carbocycles. The highest BCUT2D eigenvalue weighted by Crippen LogP contribution is 2.24. The predicted molar refractivity (Wildman–Crippen MR) is 135 cm³/mol. The second-order valence-corrected chi connectivity index (χ2v) is 8.42. The molecule has 1 amide bonds. The summed E-state index contributed by atoms with van der Waals surface area (Å²) >= 11 is 0. The van der Waals surface area contributed by atoms with Crippen LogP contribution in [0.3, 0.4) is 0 Å². The largest absolute Gasteiger partial charge is 0.334 e. The van der Waals surface area contributed by atoms with Crippen molar-refractivity contribution in [2.75, 3.05) is 12.0 Å². The molecule has 1 aliphatic carbocycles. The number of hydrazone groups is 1. The molecular weight excluding hydrogens is 433 g/mol. The van der Waals surface area contributed by atoms with E-state index in [1.807, 2.05) is 45.9 Å². The molecule has 0 saturated carbocycles. The molecule has 2 aromatic rings. The van der Waals surface area contributed by atoms with Crippen LogP contribution < -0.4 is 5.43 Å². The van der Waals surface area contributed by atoms with E-state index in [-0.39, 0.29) is 17.8 Å². The molecule has 1 aromatic heterocycles. The van der Waals surface area contributed by atoms with Crippen LogP contribution in [0.4, 0.5) is 10.1 Å². The van der Waals surface area contributed by atoms with Crippen LogP contribution in [0.15, 0.2) is 52.9 Å². The van der Waals surface area contributed by atoms with Gasteiger partial charge in [-0.1, -0.05) is 23.3 Å². The highest BCUT2D eigenvalue weighted by molar-refractivity contribution is 6.14. The van der Waals surface area contributed by atoms with Gasteiger partial charge in [-0.05, 0) is 70.4 Å². The van der Waals surface area contributed by atoms with E-state index in [4.69, 9.17) is 5.41 Å². The normalized spacial score (nSPS) is 19.7. The quantitative estimate of drug-likeness (QED) is 0.355. The van der Waals surface area contributed by atoms with Crippen molar-refractivity contribution < 1.29 is 9.18 Å². The molecule has 34 heavy (non-hydrogen) atoms. The number of hydrogen-bond acceptors (Lipinski definition) is 5. The molecule has 9 heteroatoms. The maximum absolute atomic E-state index is 13.8. The summed E-state index contributed by atoms with van der Waals surface area (Å²) in [7, 11) is 0. The van der Waals surface area contributed by atoms with Crippen molar-refractivity contribution in [2.45, 2.75) is 53.1 Å². The Morgan fingerprint density at radius 1 is 1.38 bits per heavy atom. The lowest BCUT2D eigenvalue weighted by molar-refractivity contribution is 0.0677. The van der Waals surface area contributed by atoms with E-state index >= 15 is 0 Å². The Bertz CT molecular complexity index is 1140. The van der Waals surface area contributed by atoms with E-state index in [2.05, 4.69) is 20.7 Å². The minimum atomic E-state index is -0.259. The van der Waals surface area contributed by atoms with Crippen molar-refractivity contribution in [3.8, 4) is 0 Å². The van der Waals surface area contributed by atoms with Crippen molar-refractivity contribution in [1.82, 2.24) is 19.9 Å². The van der Waals surface area contributed by atoms with Gasteiger partial charge in [0.25, 0.3) is 5.91 Å². The average Bonchev–Trinajstić information content (AvgIpc) is 2.77. The number of benzene rings is 1. The van der Waals surface area contributed by atoms with Crippen molar-refractivity contribution in [3.63, 3.8) is 0 Å². The minimum absolute atomic E-state index is 0.110. The summed E-state index contributed by atoms with van der Waals surface area (Å²) in [6.45, 7) is 8.81. The van der Waals surface area contributed by atoms with Crippen LogP contribution in [-0.4, -0.2) is 50.8 Å². The molecule has 0 bridgehead atoms. The van der Waals surface area contributed by atoms with Gasteiger partial charge in [-0.3, -0.25) is 15.3 Å². The summed E-state index contributed by atoms with van der Waals surface area (Å²) in [5, 5.41) is 18.8. The number of halogens is 1. The van der Waals surface area contributed by atoms with Gasteiger partial charge in [0.1, 0.15) is 5.83 Å². The van der Waals surface area contributed by atoms with Gasteiger partial charge >= 0.3 is 0 Å². The number of nitrogens with one attached hydrogen (secondary N) is 3. The standard InChI is InChI=1S/C25H32FN7O/c1-5-32(25(34)22-15-18(3)7-11-23(22)29-28-13-12-27)19(4)16-33-30-24(31-33)20-8-6-17(2)14-21(26)10-9-20/h7,9-15,19,27,29H,5-6,8,16H2,1-4H3,(H,30,31)/b17-14+,20-9+,21-10+,27-12?,28-13-/t19-/m0/s1. The number of nitrogens with zero attached hydrogens (tertiary/aromatic N) is 4. The topological polar surface area (TPSA) is 102 Å². The van der Waals surface area contributed by atoms with Crippen LogP contribution in [-0.2, 0) is 6.54 Å². The number of allylic oxidation sites excluding steroid dienone is 6. The van der Waals surface area contributed by atoms with Crippen molar-refractivity contribution in [3.05, 3.63) is 64.8 Å². The molecule has 1 aliphatic rings. The lowest BCUT2D eigenvalue weighted by Gasteiger charge is -2.30. The molecule has 0 aliphatic heterocycles. The number of amides is 1. The number of likely N-dealkylation sites (N-methyl/N-ethyl adjacent to an activating group) is 1. The van der Waals surface area contributed by atoms with E-state index < -0.39 is 0 Å². The van der Waals surface area contributed by atoms with Gasteiger partial charge in [-0.25, -0.2) is 9.19 Å². The Morgan fingerprint density at radius 3 is 2.85 bits per heavy atom. The number of anilines is 1. The van der Waals surface area contributed by atoms with Crippen molar-refractivity contribution in [1.29, 1.82) is 5.41 Å². The average molecular weight is 466 g/mol. The minimum Gasteiger partial charge on any atom is -0.334 e. The number of aryl methyl sites for hydroxylation is 1. The number of hydrogen-bond donors (Lipinski definition) is 3. The van der Waals surface area contributed by atoms with E-state index in [1.165, 1.54) is 12.3 Å². The Morgan fingerprint density at radius 2 is 2.15 bits per heavy atom. The van der Waals surface area contributed by atoms with E-state index in [0.717, 1.165) is 41.6 Å². The summed E-state index contributed by atoms with van der Waals surface area (Å²) in [5.41, 5.74) is 6.87. The Labute approximate surface area is 199 Å². The fourth-order valence-electron chi connectivity index (χ4n) is 3.85. The third kappa shape index (κ3) is 6.18. The number of aromatic amines is 1. The summed E-state index contributed by atoms with van der Waals surface area (Å²) in [4.78, 5) is 16.9. The molecule has 8 nitrogen and oxygen atoms in total. The van der Waals surface area contributed by atoms with E-state index in [0.29, 0.717) is 24.3 Å². The van der Waals surface area contributed by atoms with E-state index in [9.17, 15) is 9.18 Å². The van der Waals surface area contributed by atoms with Crippen molar-refractivity contribution >= 4 is 29.6 Å². The number of H-pyrrole nitrogens is 1. The number of carbonyl (C=O) groups is 1. The first-order valence-corrected chi connectivity index (χ1v) is 11.4. The van der Waals surface area contributed by atoms with Gasteiger partial charge < -0.3 is 10.3 Å². The molecule has 0 unspecified atom stereocenters. The fourth-order valence-corrected chi connectivity index (χ4v) is 3.85. The van der Waals surface area contributed by atoms with Crippen LogP contribution in [0.2, 0.25) is 0 Å². The van der Waals surface area contributed by atoms with Gasteiger partial charge in [-0.2, -0.15) is 5.10 Å². The van der Waals surface area contributed by atoms with Gasteiger partial charge in [0.05, 0.1) is 30.1 Å². The van der Waals surface area contributed by atoms with Crippen LogP contribution >= 0.6 is 0 Å². The van der Waals surface area contributed by atoms with Crippen molar-refractivity contribution in [2.24, 2.45) is 5.10 Å². The molecule has 3 N–H and O–H groups in total. The molecule has 3 rings (SSSR count). The molecule has 180 valence electrons. The van der Waals surface area contributed by atoms with Gasteiger partial charge in [0.2, 0.25) is 0 Å². The number of rotatable bonds is 9. The second kappa shape index (κ2) is 11.4. The predicted octanol–water partition coefficient (Wildman–Crippen LogP) is 5.09. The highest BCUT2D eigenvalue weighted by Gasteiger charge is 2.24. The van der Waals surface area contributed by atoms with Gasteiger partial charge in [-0.15, -0.1) is 5.10 Å². The zero-order valence-corrected chi connectivity index (χ0v) is 20.1. The maximum Gasteiger partial charge on any atom is 0.256 e. The van der Waals surface area contributed by atoms with Crippen LogP contribution in [0.5, 0.6) is 0 Å². The number of aromatic nitrogens is 3. The summed E-state index contributed by atoms with van der Waals surface area (Å²) in [6, 6.07) is 5.43. The first kappa shape index (κ1) is 24.9. The van der Waals surface area contributed by atoms with Crippen LogP contribution in [0.1, 0.15) is 55.4 Å². The summed E-state index contributed by atoms with van der Waals surface area (Å²) < 4.78 is 13.8. The monoisotopic (exact) mass is 465 g/mol. The highest BCUT2D eigenvalue weighted by atomic mass is 19.1. The fraction of sp³-hybridized carbons (Fsp3) is 0.360. The van der Waals surface area contributed by atoms with E-state index in [1.54, 1.807) is 21.8 Å². The Balaban J connectivity index is 1.71. The lowest BCUT2D eigenvalue weighted by atomic mass is 10.0. The van der Waals surface area contributed by atoms with Gasteiger partial charge in [0, 0.05) is 12.8 Å². The second-order valence-electron chi connectivity index (χ2n) is 8.42. The maximum atomic E-state index is 13.8. The molecular formula is C25H32FN7O. The third-order valence-electron chi connectivity index (χ3n) is 5.69. The zero-order chi connectivity index (χ0) is 24.7. The first-order valence-electron chi connectivity index (χ1n) is 11.4. The molecule has 0 saturated heterocycles. The third-order valence-corrected chi connectivity index (χ3v) is 5.69. The molecule has 1 atom stereocenters. The SMILES string of the molecule is CCN(C(=O)c1cc(C)ccc1N/N=C\C=N)[C@@H](C)Cn1nc(/C2=C/C=C(F)\C=C(/C)CC2)[nH]1. The van der Waals surface area contributed by atoms with Crippen LogP contribution in [0.25, 0.3) is 5.57 Å². The number of carbonyl (C=O) groups excluding carboxylic acids is 1. The summed E-state index contributed by atoms with van der Waals surface area (Å²) in [5.74, 6) is 0.363. The van der Waals surface area contributed by atoms with Gasteiger partial charge in [0.15, 0.2) is 5.82 Å². The molecule has 0 spiro atoms. The summed E-state index contributed by atoms with van der Waals surface area (Å²) in [6.07, 6.45) is 8.72. The molecule has 0 radical (unpaired) electrons. The molecule has 0 fully saturated rings. The molecule has 1 heterocycles.